The Morgan fingerprint density at radius 1 is 1.60 bits per heavy atom. The normalized spacial score (nSPS) is 13.6. The molecule has 0 spiro atoms. The molecule has 1 aromatic heterocycles. The lowest BCUT2D eigenvalue weighted by molar-refractivity contribution is 1.15. The predicted molar refractivity (Wildman–Crippen MR) is 51.7 cm³/mol. The SMILES string of the molecule is CC(S)c1cc(Cl)c(Cl)s1. The van der Waals surface area contributed by atoms with Crippen molar-refractivity contribution in [2.45, 2.75) is 12.2 Å². The fraction of sp³-hybridized carbons (Fsp3) is 0.333. The monoisotopic (exact) mass is 212 g/mol. The Hall–Kier alpha value is 0.630. The zero-order valence-corrected chi connectivity index (χ0v) is 8.49. The molecule has 4 heteroatoms. The number of thiol groups is 1. The maximum atomic E-state index is 5.73. The second kappa shape index (κ2) is 3.35. The van der Waals surface area contributed by atoms with Crippen LogP contribution < -0.4 is 0 Å². The Bertz CT molecular complexity index is 210. The maximum Gasteiger partial charge on any atom is 0.112 e. The van der Waals surface area contributed by atoms with Gasteiger partial charge in [0.1, 0.15) is 4.34 Å². The number of hydrogen-bond acceptors (Lipinski definition) is 2. The van der Waals surface area contributed by atoms with E-state index in [1.165, 1.54) is 11.3 Å². The topological polar surface area (TPSA) is 0 Å². The summed E-state index contributed by atoms with van der Waals surface area (Å²) in [5.41, 5.74) is 0. The summed E-state index contributed by atoms with van der Waals surface area (Å²) in [5, 5.41) is 0.845. The molecule has 0 bridgehead atoms. The van der Waals surface area contributed by atoms with Crippen LogP contribution in [0.1, 0.15) is 17.1 Å². The second-order valence-corrected chi connectivity index (χ2v) is 4.81. The van der Waals surface area contributed by atoms with Crippen molar-refractivity contribution in [3.05, 3.63) is 20.3 Å². The van der Waals surface area contributed by atoms with E-state index in [0.717, 1.165) is 4.88 Å². The van der Waals surface area contributed by atoms with E-state index in [2.05, 4.69) is 12.6 Å². The van der Waals surface area contributed by atoms with Crippen LogP contribution in [0.2, 0.25) is 9.36 Å². The molecule has 1 aromatic rings. The first-order valence-corrected chi connectivity index (χ1v) is 4.83. The smallest absolute Gasteiger partial charge is 0.112 e. The van der Waals surface area contributed by atoms with Gasteiger partial charge in [-0.3, -0.25) is 0 Å². The van der Waals surface area contributed by atoms with Gasteiger partial charge >= 0.3 is 0 Å². The molecule has 56 valence electrons. The summed E-state index contributed by atoms with van der Waals surface area (Å²) in [6, 6.07) is 1.85. The van der Waals surface area contributed by atoms with Crippen molar-refractivity contribution < 1.29 is 0 Å². The molecular formula is C6H6Cl2S2. The van der Waals surface area contributed by atoms with Gasteiger partial charge in [-0.15, -0.1) is 11.3 Å². The standard InChI is InChI=1S/C6H6Cl2S2/c1-3(9)5-2-4(7)6(8)10-5/h2-3,9H,1H3. The largest absolute Gasteiger partial charge is 0.171 e. The first-order chi connectivity index (χ1) is 4.61. The van der Waals surface area contributed by atoms with Crippen molar-refractivity contribution in [1.82, 2.24) is 0 Å². The van der Waals surface area contributed by atoms with Crippen molar-refractivity contribution in [1.29, 1.82) is 0 Å². The minimum atomic E-state index is 0.218. The van der Waals surface area contributed by atoms with Crippen LogP contribution in [-0.4, -0.2) is 0 Å². The van der Waals surface area contributed by atoms with Crippen molar-refractivity contribution in [2.24, 2.45) is 0 Å². The van der Waals surface area contributed by atoms with Crippen LogP contribution in [0.3, 0.4) is 0 Å². The molecule has 0 fully saturated rings. The number of hydrogen-bond donors (Lipinski definition) is 1. The van der Waals surface area contributed by atoms with E-state index in [9.17, 15) is 0 Å². The van der Waals surface area contributed by atoms with Gasteiger partial charge < -0.3 is 0 Å². The van der Waals surface area contributed by atoms with Gasteiger partial charge in [0.25, 0.3) is 0 Å². The maximum absolute atomic E-state index is 5.73. The molecule has 0 saturated heterocycles. The van der Waals surface area contributed by atoms with Crippen LogP contribution in [0.25, 0.3) is 0 Å². The Balaban J connectivity index is 2.98. The summed E-state index contributed by atoms with van der Waals surface area (Å²) in [6.45, 7) is 1.99. The van der Waals surface area contributed by atoms with Crippen LogP contribution in [0, 0.1) is 0 Å². The van der Waals surface area contributed by atoms with Gasteiger partial charge in [0.05, 0.1) is 5.02 Å². The third-order valence-corrected chi connectivity index (χ3v) is 3.58. The highest BCUT2D eigenvalue weighted by Crippen LogP contribution is 2.36. The van der Waals surface area contributed by atoms with Crippen molar-refractivity contribution in [3.63, 3.8) is 0 Å². The molecule has 1 heterocycles. The predicted octanol–water partition coefficient (Wildman–Crippen LogP) is 4.05. The lowest BCUT2D eigenvalue weighted by atomic mass is 10.4. The van der Waals surface area contributed by atoms with Crippen LogP contribution in [0.5, 0.6) is 0 Å². The van der Waals surface area contributed by atoms with Gasteiger partial charge in [0.15, 0.2) is 0 Å². The highest BCUT2D eigenvalue weighted by molar-refractivity contribution is 7.80. The Labute approximate surface area is 79.6 Å². The fourth-order valence-electron chi connectivity index (χ4n) is 0.569. The summed E-state index contributed by atoms with van der Waals surface area (Å²) in [5.74, 6) is 0. The molecular weight excluding hydrogens is 207 g/mol. The van der Waals surface area contributed by atoms with E-state index in [1.807, 2.05) is 13.0 Å². The lowest BCUT2D eigenvalue weighted by Gasteiger charge is -1.95. The van der Waals surface area contributed by atoms with Gasteiger partial charge in [-0.25, -0.2) is 0 Å². The van der Waals surface area contributed by atoms with Gasteiger partial charge in [-0.2, -0.15) is 12.6 Å². The van der Waals surface area contributed by atoms with Gasteiger partial charge in [0.2, 0.25) is 0 Å². The van der Waals surface area contributed by atoms with Crippen LogP contribution >= 0.6 is 47.2 Å². The molecule has 10 heavy (non-hydrogen) atoms. The molecule has 0 aliphatic heterocycles. The van der Waals surface area contributed by atoms with Crippen molar-refractivity contribution in [3.8, 4) is 0 Å². The van der Waals surface area contributed by atoms with Crippen molar-refractivity contribution >= 4 is 47.2 Å². The van der Waals surface area contributed by atoms with E-state index < -0.39 is 0 Å². The minimum absolute atomic E-state index is 0.218. The number of rotatable bonds is 1. The van der Waals surface area contributed by atoms with E-state index in [4.69, 9.17) is 23.2 Å². The van der Waals surface area contributed by atoms with Gasteiger partial charge in [-0.1, -0.05) is 23.2 Å². The zero-order chi connectivity index (χ0) is 7.72. The average molecular weight is 213 g/mol. The molecule has 0 radical (unpaired) electrons. The van der Waals surface area contributed by atoms with Crippen LogP contribution in [0.15, 0.2) is 6.07 Å². The number of halogens is 2. The minimum Gasteiger partial charge on any atom is -0.171 e. The quantitative estimate of drug-likeness (QED) is 0.668. The Kier molecular flexibility index (Phi) is 2.92. The van der Waals surface area contributed by atoms with Crippen molar-refractivity contribution in [2.75, 3.05) is 0 Å². The molecule has 1 rings (SSSR count). The van der Waals surface area contributed by atoms with E-state index in [0.29, 0.717) is 9.36 Å². The summed E-state index contributed by atoms with van der Waals surface area (Å²) < 4.78 is 0.651. The molecule has 0 amide bonds. The molecule has 0 N–H and O–H groups in total. The first kappa shape index (κ1) is 8.72. The third-order valence-electron chi connectivity index (χ3n) is 1.08. The third kappa shape index (κ3) is 1.82. The average Bonchev–Trinajstić information content (AvgIpc) is 2.13. The number of thiophene rings is 1. The summed E-state index contributed by atoms with van der Waals surface area (Å²) in [4.78, 5) is 1.11. The highest BCUT2D eigenvalue weighted by atomic mass is 35.5. The molecule has 1 atom stereocenters. The second-order valence-electron chi connectivity index (χ2n) is 1.95. The molecule has 0 nitrogen and oxygen atoms in total. The Morgan fingerprint density at radius 2 is 2.20 bits per heavy atom. The van der Waals surface area contributed by atoms with Gasteiger partial charge in [-0.05, 0) is 13.0 Å². The Morgan fingerprint density at radius 3 is 2.40 bits per heavy atom. The van der Waals surface area contributed by atoms with E-state index in [-0.39, 0.29) is 5.25 Å². The summed E-state index contributed by atoms with van der Waals surface area (Å²) in [6.07, 6.45) is 0. The summed E-state index contributed by atoms with van der Waals surface area (Å²) >= 11 is 17.2. The molecule has 0 aliphatic rings. The molecule has 0 aliphatic carbocycles. The zero-order valence-electron chi connectivity index (χ0n) is 5.27. The van der Waals surface area contributed by atoms with Gasteiger partial charge in [0, 0.05) is 10.1 Å². The van der Waals surface area contributed by atoms with Crippen LogP contribution in [-0.2, 0) is 0 Å². The lowest BCUT2D eigenvalue weighted by Crippen LogP contribution is -1.73. The van der Waals surface area contributed by atoms with E-state index in [1.54, 1.807) is 0 Å². The first-order valence-electron chi connectivity index (χ1n) is 2.74. The molecule has 0 aromatic carbocycles. The highest BCUT2D eigenvalue weighted by Gasteiger charge is 2.07. The summed E-state index contributed by atoms with van der Waals surface area (Å²) in [7, 11) is 0. The fourth-order valence-corrected chi connectivity index (χ4v) is 2.13. The van der Waals surface area contributed by atoms with E-state index >= 15 is 0 Å². The molecule has 0 saturated carbocycles. The molecule has 1 unspecified atom stereocenters. The van der Waals surface area contributed by atoms with Crippen LogP contribution in [0.4, 0.5) is 0 Å².